The summed E-state index contributed by atoms with van der Waals surface area (Å²) in [5, 5.41) is 6.71. The van der Waals surface area contributed by atoms with Crippen LogP contribution in [0.25, 0.3) is 0 Å². The van der Waals surface area contributed by atoms with Crippen LogP contribution in [-0.2, 0) is 12.8 Å². The van der Waals surface area contributed by atoms with E-state index in [-0.39, 0.29) is 5.91 Å². The third kappa shape index (κ3) is 2.43. The number of hydrogen-bond acceptors (Lipinski definition) is 4. The van der Waals surface area contributed by atoms with Gasteiger partial charge in [0.15, 0.2) is 5.69 Å². The van der Waals surface area contributed by atoms with E-state index in [2.05, 4.69) is 22.4 Å². The van der Waals surface area contributed by atoms with Crippen LogP contribution in [0.3, 0.4) is 0 Å². The van der Waals surface area contributed by atoms with Crippen molar-refractivity contribution in [2.24, 2.45) is 5.92 Å². The molecule has 1 aliphatic rings. The molecule has 0 radical (unpaired) electrons. The Bertz CT molecular complexity index is 648. The van der Waals surface area contributed by atoms with Crippen LogP contribution in [0, 0.1) is 12.8 Å². The monoisotopic (exact) mass is 271 g/mol. The molecule has 0 unspecified atom stereocenters. The molecule has 0 aliphatic heterocycles. The number of pyridine rings is 1. The molecule has 1 atom stereocenters. The van der Waals surface area contributed by atoms with Gasteiger partial charge in [-0.3, -0.25) is 4.79 Å². The van der Waals surface area contributed by atoms with E-state index in [1.165, 1.54) is 0 Å². The predicted molar refractivity (Wildman–Crippen MR) is 74.6 cm³/mol. The van der Waals surface area contributed by atoms with Crippen molar-refractivity contribution >= 4 is 11.7 Å². The molecule has 104 valence electrons. The normalized spacial score (nSPS) is 17.6. The Hall–Kier alpha value is -2.17. The molecule has 2 heterocycles. The fraction of sp³-hybridized carbons (Fsp3) is 0.400. The maximum atomic E-state index is 12.3. The summed E-state index contributed by atoms with van der Waals surface area (Å²) in [6.45, 7) is 4.06. The highest BCUT2D eigenvalue weighted by Gasteiger charge is 2.27. The second kappa shape index (κ2) is 5.07. The SMILES string of the molecule is Cc1cccc(NC(=O)c2noc3c2C[C@H](C)CC3)n1. The van der Waals surface area contributed by atoms with Crippen molar-refractivity contribution < 1.29 is 9.32 Å². The molecule has 0 saturated heterocycles. The van der Waals surface area contributed by atoms with Crippen molar-refractivity contribution in [2.45, 2.75) is 33.1 Å². The summed E-state index contributed by atoms with van der Waals surface area (Å²) in [5.41, 5.74) is 2.21. The number of anilines is 1. The average Bonchev–Trinajstić information content (AvgIpc) is 2.81. The van der Waals surface area contributed by atoms with Crippen LogP contribution in [0.4, 0.5) is 5.82 Å². The van der Waals surface area contributed by atoms with E-state index in [1.807, 2.05) is 19.1 Å². The lowest BCUT2D eigenvalue weighted by Crippen LogP contribution is -2.18. The fourth-order valence-corrected chi connectivity index (χ4v) is 2.54. The van der Waals surface area contributed by atoms with Gasteiger partial charge in [0, 0.05) is 17.7 Å². The van der Waals surface area contributed by atoms with Crippen LogP contribution in [0.2, 0.25) is 0 Å². The van der Waals surface area contributed by atoms with Crippen LogP contribution in [0.5, 0.6) is 0 Å². The molecule has 3 rings (SSSR count). The average molecular weight is 271 g/mol. The third-order valence-corrected chi connectivity index (χ3v) is 3.63. The number of nitrogens with one attached hydrogen (secondary N) is 1. The van der Waals surface area contributed by atoms with Gasteiger partial charge in [-0.05, 0) is 37.8 Å². The zero-order valence-electron chi connectivity index (χ0n) is 11.6. The van der Waals surface area contributed by atoms with Crippen molar-refractivity contribution in [2.75, 3.05) is 5.32 Å². The molecule has 0 bridgehead atoms. The molecular formula is C15H17N3O2. The first-order valence-corrected chi connectivity index (χ1v) is 6.86. The van der Waals surface area contributed by atoms with Gasteiger partial charge in [0.1, 0.15) is 11.6 Å². The van der Waals surface area contributed by atoms with Crippen molar-refractivity contribution in [1.29, 1.82) is 0 Å². The lowest BCUT2D eigenvalue weighted by atomic mass is 9.88. The van der Waals surface area contributed by atoms with E-state index in [4.69, 9.17) is 4.52 Å². The lowest BCUT2D eigenvalue weighted by Gasteiger charge is -2.16. The summed E-state index contributed by atoms with van der Waals surface area (Å²) in [4.78, 5) is 16.6. The van der Waals surface area contributed by atoms with Gasteiger partial charge in [-0.2, -0.15) is 0 Å². The first kappa shape index (κ1) is 12.8. The van der Waals surface area contributed by atoms with E-state index >= 15 is 0 Å². The van der Waals surface area contributed by atoms with Gasteiger partial charge in [0.05, 0.1) is 0 Å². The molecule has 1 N–H and O–H groups in total. The molecule has 2 aromatic heterocycles. The number of amides is 1. The predicted octanol–water partition coefficient (Wildman–Crippen LogP) is 2.76. The van der Waals surface area contributed by atoms with Gasteiger partial charge >= 0.3 is 0 Å². The molecule has 2 aromatic rings. The summed E-state index contributed by atoms with van der Waals surface area (Å²) in [5.74, 6) is 1.70. The Morgan fingerprint density at radius 3 is 3.10 bits per heavy atom. The fourth-order valence-electron chi connectivity index (χ4n) is 2.54. The number of carbonyl (C=O) groups is 1. The molecule has 0 aromatic carbocycles. The topological polar surface area (TPSA) is 68.0 Å². The van der Waals surface area contributed by atoms with Crippen LogP contribution in [0.1, 0.15) is 40.9 Å². The molecule has 1 amide bonds. The second-order valence-corrected chi connectivity index (χ2v) is 5.40. The first-order chi connectivity index (χ1) is 9.63. The summed E-state index contributed by atoms with van der Waals surface area (Å²) in [6, 6.07) is 5.51. The Labute approximate surface area is 117 Å². The minimum absolute atomic E-state index is 0.248. The first-order valence-electron chi connectivity index (χ1n) is 6.86. The minimum atomic E-state index is -0.248. The molecule has 5 nitrogen and oxygen atoms in total. The van der Waals surface area contributed by atoms with E-state index in [0.29, 0.717) is 17.4 Å². The Kier molecular flexibility index (Phi) is 3.26. The van der Waals surface area contributed by atoms with Crippen molar-refractivity contribution in [3.63, 3.8) is 0 Å². The minimum Gasteiger partial charge on any atom is -0.360 e. The molecule has 20 heavy (non-hydrogen) atoms. The molecule has 0 saturated carbocycles. The molecular weight excluding hydrogens is 254 g/mol. The van der Waals surface area contributed by atoms with Gasteiger partial charge in [-0.25, -0.2) is 4.98 Å². The number of aryl methyl sites for hydroxylation is 2. The third-order valence-electron chi connectivity index (χ3n) is 3.63. The number of carbonyl (C=O) groups excluding carboxylic acids is 1. The smallest absolute Gasteiger partial charge is 0.279 e. The van der Waals surface area contributed by atoms with E-state index in [0.717, 1.165) is 36.3 Å². The van der Waals surface area contributed by atoms with Crippen LogP contribution >= 0.6 is 0 Å². The highest BCUT2D eigenvalue weighted by atomic mass is 16.5. The van der Waals surface area contributed by atoms with Gasteiger partial charge in [-0.15, -0.1) is 0 Å². The number of hydrogen-bond donors (Lipinski definition) is 1. The lowest BCUT2D eigenvalue weighted by molar-refractivity contribution is 0.101. The van der Waals surface area contributed by atoms with E-state index < -0.39 is 0 Å². The van der Waals surface area contributed by atoms with Crippen molar-refractivity contribution in [3.05, 3.63) is 40.9 Å². The Morgan fingerprint density at radius 1 is 1.45 bits per heavy atom. The van der Waals surface area contributed by atoms with Gasteiger partial charge in [0.25, 0.3) is 5.91 Å². The standard InChI is InChI=1S/C15H17N3O2/c1-9-6-7-12-11(8-9)14(18-20-12)15(19)17-13-5-3-4-10(2)16-13/h3-5,9H,6-8H2,1-2H3,(H,16,17,19)/t9-/m1/s1. The summed E-state index contributed by atoms with van der Waals surface area (Å²) < 4.78 is 5.29. The zero-order valence-corrected chi connectivity index (χ0v) is 11.6. The van der Waals surface area contributed by atoms with Crippen molar-refractivity contribution in [3.8, 4) is 0 Å². The molecule has 0 spiro atoms. The van der Waals surface area contributed by atoms with Crippen molar-refractivity contribution in [1.82, 2.24) is 10.1 Å². The van der Waals surface area contributed by atoms with Gasteiger partial charge < -0.3 is 9.84 Å². The largest absolute Gasteiger partial charge is 0.360 e. The summed E-state index contributed by atoms with van der Waals surface area (Å²) in [6.07, 6.45) is 2.80. The second-order valence-electron chi connectivity index (χ2n) is 5.40. The highest BCUT2D eigenvalue weighted by Crippen LogP contribution is 2.28. The maximum Gasteiger partial charge on any atom is 0.279 e. The van der Waals surface area contributed by atoms with E-state index in [1.54, 1.807) is 6.07 Å². The number of nitrogens with zero attached hydrogens (tertiary/aromatic N) is 2. The van der Waals surface area contributed by atoms with Gasteiger partial charge in [0.2, 0.25) is 0 Å². The Balaban J connectivity index is 1.83. The molecule has 0 fully saturated rings. The number of rotatable bonds is 2. The quantitative estimate of drug-likeness (QED) is 0.912. The molecule has 5 heteroatoms. The van der Waals surface area contributed by atoms with Crippen LogP contribution < -0.4 is 5.32 Å². The van der Waals surface area contributed by atoms with E-state index in [9.17, 15) is 4.79 Å². The number of aromatic nitrogens is 2. The van der Waals surface area contributed by atoms with Gasteiger partial charge in [-0.1, -0.05) is 18.1 Å². The number of fused-ring (bicyclic) bond motifs is 1. The van der Waals surface area contributed by atoms with Crippen LogP contribution in [0.15, 0.2) is 22.7 Å². The zero-order chi connectivity index (χ0) is 14.1. The maximum absolute atomic E-state index is 12.3. The summed E-state index contributed by atoms with van der Waals surface area (Å²) in [7, 11) is 0. The van der Waals surface area contributed by atoms with Crippen LogP contribution in [-0.4, -0.2) is 16.0 Å². The highest BCUT2D eigenvalue weighted by molar-refractivity contribution is 6.03. The Morgan fingerprint density at radius 2 is 2.30 bits per heavy atom. The summed E-state index contributed by atoms with van der Waals surface area (Å²) >= 11 is 0. The molecule has 1 aliphatic carbocycles.